The maximum atomic E-state index is 12.2. The van der Waals surface area contributed by atoms with Gasteiger partial charge in [-0.15, -0.1) is 0 Å². The van der Waals surface area contributed by atoms with Crippen molar-refractivity contribution in [1.82, 2.24) is 16.2 Å². The van der Waals surface area contributed by atoms with Crippen LogP contribution in [0.1, 0.15) is 17.3 Å². The monoisotopic (exact) mass is 438 g/mol. The van der Waals surface area contributed by atoms with Gasteiger partial charge in [-0.25, -0.2) is 0 Å². The minimum Gasteiger partial charge on any atom is -0.481 e. The molecular formula is C21H18N4O5S. The van der Waals surface area contributed by atoms with Crippen molar-refractivity contribution in [2.24, 2.45) is 0 Å². The van der Waals surface area contributed by atoms with Gasteiger partial charge in [-0.2, -0.15) is 0 Å². The first-order valence-corrected chi connectivity index (χ1v) is 9.55. The number of nitrogens with zero attached hydrogens (tertiary/aromatic N) is 1. The highest BCUT2D eigenvalue weighted by molar-refractivity contribution is 7.80. The summed E-state index contributed by atoms with van der Waals surface area (Å²) < 4.78 is 5.66. The van der Waals surface area contributed by atoms with Gasteiger partial charge in [0.2, 0.25) is 0 Å². The smallest absolute Gasteiger partial charge is 0.279 e. The molecule has 0 aliphatic carbocycles. The molecule has 9 nitrogen and oxygen atoms in total. The Bertz CT molecular complexity index is 1150. The van der Waals surface area contributed by atoms with E-state index in [1.807, 2.05) is 36.4 Å². The normalized spacial score (nSPS) is 11.3. The fourth-order valence-electron chi connectivity index (χ4n) is 2.66. The lowest BCUT2D eigenvalue weighted by Crippen LogP contribution is -2.51. The molecule has 0 spiro atoms. The summed E-state index contributed by atoms with van der Waals surface area (Å²) in [5.41, 5.74) is 4.82. The number of rotatable bonds is 5. The predicted octanol–water partition coefficient (Wildman–Crippen LogP) is 2.85. The highest BCUT2D eigenvalue weighted by atomic mass is 32.1. The van der Waals surface area contributed by atoms with Crippen LogP contribution in [0.25, 0.3) is 10.8 Å². The van der Waals surface area contributed by atoms with Crippen molar-refractivity contribution in [2.75, 3.05) is 0 Å². The number of carbonyl (C=O) groups is 2. The largest absolute Gasteiger partial charge is 0.481 e. The average Bonchev–Trinajstić information content (AvgIpc) is 2.77. The summed E-state index contributed by atoms with van der Waals surface area (Å²) in [4.78, 5) is 34.5. The van der Waals surface area contributed by atoms with Gasteiger partial charge >= 0.3 is 0 Å². The van der Waals surface area contributed by atoms with Crippen molar-refractivity contribution in [2.45, 2.75) is 13.0 Å². The molecule has 10 heteroatoms. The van der Waals surface area contributed by atoms with E-state index in [1.54, 1.807) is 13.0 Å². The van der Waals surface area contributed by atoms with Gasteiger partial charge in [0.15, 0.2) is 11.2 Å². The quantitative estimate of drug-likeness (QED) is 0.318. The molecule has 158 valence electrons. The molecule has 0 saturated carbocycles. The first-order chi connectivity index (χ1) is 14.8. The zero-order valence-electron chi connectivity index (χ0n) is 16.3. The van der Waals surface area contributed by atoms with Crippen LogP contribution in [0.3, 0.4) is 0 Å². The Hall–Kier alpha value is -4.05. The Kier molecular flexibility index (Phi) is 6.73. The van der Waals surface area contributed by atoms with Crippen molar-refractivity contribution < 1.29 is 19.2 Å². The third kappa shape index (κ3) is 5.73. The van der Waals surface area contributed by atoms with Crippen LogP contribution in [0, 0.1) is 10.1 Å². The van der Waals surface area contributed by atoms with Crippen molar-refractivity contribution in [3.63, 3.8) is 0 Å². The van der Waals surface area contributed by atoms with Crippen molar-refractivity contribution in [3.05, 3.63) is 82.4 Å². The molecule has 0 saturated heterocycles. The minimum absolute atomic E-state index is 0.134. The molecule has 0 aliphatic rings. The van der Waals surface area contributed by atoms with Gasteiger partial charge in [-0.3, -0.25) is 35.9 Å². The van der Waals surface area contributed by atoms with Gasteiger partial charge in [0.25, 0.3) is 17.5 Å². The number of nitro benzene ring substituents is 1. The number of ether oxygens (including phenoxy) is 1. The highest BCUT2D eigenvalue weighted by Gasteiger charge is 2.16. The SMILES string of the molecule is CC(Oc1ccc2ccccc2c1)C(=O)NNC(=S)NC(=O)c1ccc([N+](=O)[O-])cc1. The number of hydrazine groups is 1. The zero-order chi connectivity index (χ0) is 22.4. The van der Waals surface area contributed by atoms with Gasteiger partial charge in [-0.1, -0.05) is 30.3 Å². The Morgan fingerprint density at radius 1 is 1.00 bits per heavy atom. The second-order valence-electron chi connectivity index (χ2n) is 6.47. The van der Waals surface area contributed by atoms with E-state index in [2.05, 4.69) is 16.2 Å². The number of nitro groups is 1. The molecule has 31 heavy (non-hydrogen) atoms. The van der Waals surface area contributed by atoms with Crippen LogP contribution < -0.4 is 20.9 Å². The van der Waals surface area contributed by atoms with Crippen LogP contribution in [0.15, 0.2) is 66.7 Å². The van der Waals surface area contributed by atoms with Gasteiger partial charge in [0.1, 0.15) is 5.75 Å². The number of non-ortho nitro benzene ring substituents is 1. The maximum absolute atomic E-state index is 12.2. The first-order valence-electron chi connectivity index (χ1n) is 9.14. The van der Waals surface area contributed by atoms with Crippen LogP contribution >= 0.6 is 12.2 Å². The van der Waals surface area contributed by atoms with Crippen molar-refractivity contribution in [3.8, 4) is 5.75 Å². The molecule has 3 N–H and O–H groups in total. The molecule has 0 aromatic heterocycles. The third-order valence-electron chi connectivity index (χ3n) is 4.27. The molecule has 0 radical (unpaired) electrons. The zero-order valence-corrected chi connectivity index (χ0v) is 17.1. The maximum Gasteiger partial charge on any atom is 0.279 e. The second-order valence-corrected chi connectivity index (χ2v) is 6.88. The molecule has 0 bridgehead atoms. The molecular weight excluding hydrogens is 420 g/mol. The molecule has 3 aromatic rings. The number of thiocarbonyl (C=S) groups is 1. The van der Waals surface area contributed by atoms with E-state index >= 15 is 0 Å². The van der Waals surface area contributed by atoms with Crippen molar-refractivity contribution >= 4 is 45.6 Å². The summed E-state index contributed by atoms with van der Waals surface area (Å²) in [6.07, 6.45) is -0.832. The van der Waals surface area contributed by atoms with E-state index in [4.69, 9.17) is 17.0 Å². The van der Waals surface area contributed by atoms with Gasteiger partial charge in [0, 0.05) is 17.7 Å². The van der Waals surface area contributed by atoms with Gasteiger partial charge in [-0.05, 0) is 54.2 Å². The van der Waals surface area contributed by atoms with E-state index in [9.17, 15) is 19.7 Å². The Morgan fingerprint density at radius 3 is 2.35 bits per heavy atom. The molecule has 2 amide bonds. The Morgan fingerprint density at radius 2 is 1.68 bits per heavy atom. The number of amides is 2. The van der Waals surface area contributed by atoms with Gasteiger partial charge in [0.05, 0.1) is 4.92 Å². The molecule has 0 fully saturated rings. The molecule has 3 rings (SSSR count). The number of nitrogens with one attached hydrogen (secondary N) is 3. The summed E-state index contributed by atoms with van der Waals surface area (Å²) in [6, 6.07) is 18.3. The van der Waals surface area contributed by atoms with Crippen LogP contribution in [-0.2, 0) is 4.79 Å². The van der Waals surface area contributed by atoms with E-state index in [0.717, 1.165) is 10.8 Å². The fraction of sp³-hybridized carbons (Fsp3) is 0.0952. The topological polar surface area (TPSA) is 123 Å². The minimum atomic E-state index is -0.832. The van der Waals surface area contributed by atoms with Crippen LogP contribution in [-0.4, -0.2) is 28.0 Å². The lowest BCUT2D eigenvalue weighted by molar-refractivity contribution is -0.384. The highest BCUT2D eigenvalue weighted by Crippen LogP contribution is 2.21. The summed E-state index contributed by atoms with van der Waals surface area (Å²) >= 11 is 4.98. The fourth-order valence-corrected chi connectivity index (χ4v) is 2.80. The molecule has 0 heterocycles. The van der Waals surface area contributed by atoms with Crippen molar-refractivity contribution in [1.29, 1.82) is 0 Å². The van der Waals surface area contributed by atoms with Crippen LogP contribution in [0.4, 0.5) is 5.69 Å². The average molecular weight is 438 g/mol. The lowest BCUT2D eigenvalue weighted by Gasteiger charge is -2.16. The number of hydrogen-bond donors (Lipinski definition) is 3. The van der Waals surface area contributed by atoms with E-state index < -0.39 is 22.8 Å². The number of hydrogen-bond acceptors (Lipinski definition) is 6. The molecule has 0 aliphatic heterocycles. The Balaban J connectivity index is 1.48. The van der Waals surface area contributed by atoms with Gasteiger partial charge < -0.3 is 4.74 Å². The van der Waals surface area contributed by atoms with Crippen LogP contribution in [0.5, 0.6) is 5.75 Å². The summed E-state index contributed by atoms with van der Waals surface area (Å²) in [5.74, 6) is -0.544. The summed E-state index contributed by atoms with van der Waals surface area (Å²) in [6.45, 7) is 1.57. The standard InChI is InChI=1S/C21H18N4O5S/c1-13(30-18-11-8-14-4-2-3-5-16(14)12-18)19(26)23-24-21(31)22-20(27)15-6-9-17(10-7-15)25(28)29/h2-13H,1H3,(H,23,26)(H2,22,24,27,31). The molecule has 3 aromatic carbocycles. The lowest BCUT2D eigenvalue weighted by atomic mass is 10.1. The number of fused-ring (bicyclic) bond motifs is 1. The first kappa shape index (κ1) is 21.7. The Labute approximate surface area is 182 Å². The van der Waals surface area contributed by atoms with E-state index in [1.165, 1.54) is 24.3 Å². The second kappa shape index (κ2) is 9.63. The number of benzene rings is 3. The number of carbonyl (C=O) groups excluding carboxylic acids is 2. The van der Waals surface area contributed by atoms with E-state index in [0.29, 0.717) is 5.75 Å². The summed E-state index contributed by atoms with van der Waals surface area (Å²) in [7, 11) is 0. The molecule has 1 unspecified atom stereocenters. The van der Waals surface area contributed by atoms with E-state index in [-0.39, 0.29) is 16.4 Å². The summed E-state index contributed by atoms with van der Waals surface area (Å²) in [5, 5.41) is 14.9. The predicted molar refractivity (Wildman–Crippen MR) is 118 cm³/mol. The third-order valence-corrected chi connectivity index (χ3v) is 4.47. The molecule has 1 atom stereocenters. The van der Waals surface area contributed by atoms with Crippen LogP contribution in [0.2, 0.25) is 0 Å².